The van der Waals surface area contributed by atoms with Gasteiger partial charge >= 0.3 is 0 Å². The van der Waals surface area contributed by atoms with Crippen molar-refractivity contribution in [2.45, 2.75) is 46.1 Å². The van der Waals surface area contributed by atoms with Crippen molar-refractivity contribution in [3.63, 3.8) is 0 Å². The second-order valence-corrected chi connectivity index (χ2v) is 8.95. The van der Waals surface area contributed by atoms with E-state index in [1.54, 1.807) is 6.08 Å². The number of carbonyl (C=O) groups is 2. The van der Waals surface area contributed by atoms with Crippen LogP contribution in [0.3, 0.4) is 0 Å². The minimum absolute atomic E-state index is 0.0279. The largest absolute Gasteiger partial charge is 0.397 e. The van der Waals surface area contributed by atoms with Crippen LogP contribution in [0, 0.1) is 5.82 Å². The van der Waals surface area contributed by atoms with Crippen LogP contribution >= 0.6 is 0 Å². The molecule has 3 rings (SSSR count). The summed E-state index contributed by atoms with van der Waals surface area (Å²) in [6, 6.07) is 7.02. The molecule has 0 bridgehead atoms. The number of nitrogens with one attached hydrogen (secondary N) is 2. The molecule has 1 aromatic heterocycles. The van der Waals surface area contributed by atoms with Crippen LogP contribution < -0.4 is 16.4 Å². The van der Waals surface area contributed by atoms with E-state index in [1.807, 2.05) is 32.9 Å². The zero-order valence-corrected chi connectivity index (χ0v) is 21.1. The number of halogens is 1. The van der Waals surface area contributed by atoms with Crippen LogP contribution in [0.5, 0.6) is 0 Å². The molecule has 2 amide bonds. The van der Waals surface area contributed by atoms with Gasteiger partial charge < -0.3 is 21.3 Å². The van der Waals surface area contributed by atoms with Gasteiger partial charge in [0.25, 0.3) is 11.8 Å². The van der Waals surface area contributed by atoms with Crippen LogP contribution in [0.15, 0.2) is 66.5 Å². The molecule has 0 aliphatic carbocycles. The summed E-state index contributed by atoms with van der Waals surface area (Å²) >= 11 is 0. The van der Waals surface area contributed by atoms with Gasteiger partial charge in [-0.25, -0.2) is 9.37 Å². The number of nitrogens with two attached hydrogens (primary N) is 1. The van der Waals surface area contributed by atoms with Crippen LogP contribution in [-0.2, 0) is 0 Å². The predicted molar refractivity (Wildman–Crippen MR) is 142 cm³/mol. The van der Waals surface area contributed by atoms with Crippen molar-refractivity contribution in [1.29, 1.82) is 0 Å². The highest BCUT2D eigenvalue weighted by Gasteiger charge is 2.21. The number of pyridine rings is 1. The molecular weight excluding hydrogens is 457 g/mol. The number of anilines is 1. The Morgan fingerprint density at radius 2 is 1.86 bits per heavy atom. The number of aromatic nitrogens is 1. The van der Waals surface area contributed by atoms with Crippen molar-refractivity contribution in [1.82, 2.24) is 20.5 Å². The third-order valence-corrected chi connectivity index (χ3v) is 5.85. The molecule has 2 heterocycles. The molecule has 1 aliphatic heterocycles. The highest BCUT2D eigenvalue weighted by molar-refractivity contribution is 5.99. The molecule has 2 aromatic rings. The first kappa shape index (κ1) is 26.7. The Morgan fingerprint density at radius 1 is 1.14 bits per heavy atom. The molecule has 0 saturated carbocycles. The summed E-state index contributed by atoms with van der Waals surface area (Å²) in [5.74, 6) is -1.39. The summed E-state index contributed by atoms with van der Waals surface area (Å²) in [6.07, 6.45) is 8.72. The smallest absolute Gasteiger partial charge is 0.276 e. The van der Waals surface area contributed by atoms with Crippen molar-refractivity contribution < 1.29 is 14.0 Å². The van der Waals surface area contributed by atoms with E-state index in [0.29, 0.717) is 11.3 Å². The Labute approximate surface area is 212 Å². The van der Waals surface area contributed by atoms with Gasteiger partial charge in [0.15, 0.2) is 5.69 Å². The third kappa shape index (κ3) is 6.38. The molecule has 0 spiro atoms. The molecule has 190 valence electrons. The van der Waals surface area contributed by atoms with Gasteiger partial charge in [0.05, 0.1) is 22.8 Å². The number of hydrogen-bond donors (Lipinski definition) is 3. The van der Waals surface area contributed by atoms with Crippen LogP contribution in [0.2, 0.25) is 0 Å². The van der Waals surface area contributed by atoms with Gasteiger partial charge in [-0.3, -0.25) is 9.59 Å². The summed E-state index contributed by atoms with van der Waals surface area (Å²) < 4.78 is 14.7. The average molecular weight is 492 g/mol. The fraction of sp³-hybridized carbons (Fsp3) is 0.321. The van der Waals surface area contributed by atoms with Crippen LogP contribution in [0.1, 0.15) is 60.9 Å². The van der Waals surface area contributed by atoms with E-state index in [1.165, 1.54) is 36.8 Å². The molecule has 7 nitrogen and oxygen atoms in total. The molecule has 1 saturated heterocycles. The van der Waals surface area contributed by atoms with Gasteiger partial charge in [0.2, 0.25) is 0 Å². The molecule has 1 fully saturated rings. The molecule has 8 heteroatoms. The highest BCUT2D eigenvalue weighted by Crippen LogP contribution is 2.26. The van der Waals surface area contributed by atoms with E-state index < -0.39 is 11.7 Å². The summed E-state index contributed by atoms with van der Waals surface area (Å²) in [4.78, 5) is 32.3. The maximum atomic E-state index is 14.7. The zero-order chi connectivity index (χ0) is 26.2. The van der Waals surface area contributed by atoms with E-state index in [2.05, 4.69) is 27.1 Å². The minimum atomic E-state index is -0.560. The minimum Gasteiger partial charge on any atom is -0.397 e. The maximum absolute atomic E-state index is 14.7. The first-order valence-corrected chi connectivity index (χ1v) is 12.2. The summed E-state index contributed by atoms with van der Waals surface area (Å²) in [5.41, 5.74) is 8.31. The predicted octanol–water partition coefficient (Wildman–Crippen LogP) is 4.80. The van der Waals surface area contributed by atoms with Crippen LogP contribution in [0.4, 0.5) is 10.1 Å². The van der Waals surface area contributed by atoms with Crippen molar-refractivity contribution in [3.8, 4) is 11.3 Å². The van der Waals surface area contributed by atoms with Crippen LogP contribution in [0.25, 0.3) is 11.3 Å². The van der Waals surface area contributed by atoms with Crippen LogP contribution in [-0.4, -0.2) is 40.8 Å². The number of nitrogen functional groups attached to an aromatic ring is 1. The molecular formula is C28H34FN5O2. The molecule has 4 N–H and O–H groups in total. The summed E-state index contributed by atoms with van der Waals surface area (Å²) in [5, 5.41) is 5.70. The molecule has 0 unspecified atom stereocenters. The van der Waals surface area contributed by atoms with Crippen molar-refractivity contribution in [2.75, 3.05) is 18.8 Å². The number of carbonyl (C=O) groups excluding carboxylic acids is 2. The number of piperidine rings is 1. The Hall–Kier alpha value is -3.94. The lowest BCUT2D eigenvalue weighted by Gasteiger charge is -2.32. The zero-order valence-electron chi connectivity index (χ0n) is 21.1. The molecule has 0 atom stereocenters. The van der Waals surface area contributed by atoms with E-state index in [9.17, 15) is 14.0 Å². The lowest BCUT2D eigenvalue weighted by atomic mass is 10.0. The highest BCUT2D eigenvalue weighted by atomic mass is 19.1. The average Bonchev–Trinajstić information content (AvgIpc) is 2.86. The van der Waals surface area contributed by atoms with Gasteiger partial charge in [-0.05, 0) is 76.4 Å². The quantitative estimate of drug-likeness (QED) is 0.461. The fourth-order valence-corrected chi connectivity index (χ4v) is 4.09. The second kappa shape index (κ2) is 12.2. The molecule has 1 aromatic carbocycles. The molecule has 0 radical (unpaired) electrons. The fourth-order valence-electron chi connectivity index (χ4n) is 4.09. The SMILES string of the molecule is C=C/C=C(\C(=C/C)NC(=O)c1nc(-c2cc(C(=O)NC(C)C)ccc2F)ccc1N)N1CCCCC1. The number of hydrogen-bond acceptors (Lipinski definition) is 5. The van der Waals surface area contributed by atoms with Gasteiger partial charge in [-0.1, -0.05) is 18.7 Å². The number of allylic oxidation sites excluding steroid dienone is 3. The first-order valence-electron chi connectivity index (χ1n) is 12.2. The Balaban J connectivity index is 1.91. The maximum Gasteiger partial charge on any atom is 0.276 e. The number of rotatable bonds is 8. The van der Waals surface area contributed by atoms with E-state index in [-0.39, 0.29) is 34.6 Å². The Morgan fingerprint density at radius 3 is 2.50 bits per heavy atom. The number of likely N-dealkylation sites (tertiary alicyclic amines) is 1. The van der Waals surface area contributed by atoms with Gasteiger partial charge in [0, 0.05) is 30.3 Å². The van der Waals surface area contributed by atoms with E-state index in [0.717, 1.165) is 31.6 Å². The van der Waals surface area contributed by atoms with Crippen molar-refractivity contribution in [3.05, 3.63) is 83.6 Å². The van der Waals surface area contributed by atoms with E-state index in [4.69, 9.17) is 5.73 Å². The summed E-state index contributed by atoms with van der Waals surface area (Å²) in [7, 11) is 0. The third-order valence-electron chi connectivity index (χ3n) is 5.85. The molecule has 1 aliphatic rings. The summed E-state index contributed by atoms with van der Waals surface area (Å²) in [6.45, 7) is 11.1. The monoisotopic (exact) mass is 491 g/mol. The van der Waals surface area contributed by atoms with Gasteiger partial charge in [0.1, 0.15) is 5.82 Å². The topological polar surface area (TPSA) is 100 Å². The number of amides is 2. The van der Waals surface area contributed by atoms with Gasteiger partial charge in [-0.2, -0.15) is 0 Å². The van der Waals surface area contributed by atoms with E-state index >= 15 is 0 Å². The van der Waals surface area contributed by atoms with Gasteiger partial charge in [-0.15, -0.1) is 0 Å². The normalized spacial score (nSPS) is 14.5. The number of benzene rings is 1. The Kier molecular flexibility index (Phi) is 9.00. The lowest BCUT2D eigenvalue weighted by molar-refractivity contribution is 0.0939. The molecule has 36 heavy (non-hydrogen) atoms. The van der Waals surface area contributed by atoms with Crippen molar-refractivity contribution in [2.24, 2.45) is 0 Å². The Bertz CT molecular complexity index is 1200. The lowest BCUT2D eigenvalue weighted by Crippen LogP contribution is -2.35. The second-order valence-electron chi connectivity index (χ2n) is 8.95. The van der Waals surface area contributed by atoms with Crippen molar-refractivity contribution >= 4 is 17.5 Å². The standard InChI is InChI=1S/C28H34FN5O2/c1-5-10-25(34-15-8-7-9-16-34)23(6-2)33-28(36)26-22(30)13-14-24(32-26)20-17-19(11-12-21(20)29)27(35)31-18(3)4/h5-6,10-14,17-18H,1,7-9,15-16,30H2,2-4H3,(H,31,35)(H,33,36)/b23-6+,25-10+. The number of nitrogens with zero attached hydrogens (tertiary/aromatic N) is 2. The first-order chi connectivity index (χ1) is 17.2.